The molecule has 0 saturated carbocycles. The zero-order valence-corrected chi connectivity index (χ0v) is 14.3. The van der Waals surface area contributed by atoms with Crippen LogP contribution in [-0.2, 0) is 16.6 Å². The number of nitrogens with one attached hydrogen (secondary N) is 2. The predicted molar refractivity (Wildman–Crippen MR) is 83.7 cm³/mol. The van der Waals surface area contributed by atoms with Gasteiger partial charge in [0.05, 0.1) is 4.47 Å². The molecular formula is C13H16BrN3O3S. The van der Waals surface area contributed by atoms with Gasteiger partial charge in [-0.1, -0.05) is 0 Å². The van der Waals surface area contributed by atoms with Crippen molar-refractivity contribution in [1.82, 2.24) is 10.3 Å². The summed E-state index contributed by atoms with van der Waals surface area (Å²) < 4.78 is 33.8. The highest BCUT2D eigenvalue weighted by atomic mass is 79.9. The summed E-state index contributed by atoms with van der Waals surface area (Å²) in [5.74, 6) is 1.19. The molecule has 2 heterocycles. The molecule has 2 aromatic rings. The van der Waals surface area contributed by atoms with Crippen LogP contribution in [0.25, 0.3) is 0 Å². The Morgan fingerprint density at radius 2 is 2.05 bits per heavy atom. The summed E-state index contributed by atoms with van der Waals surface area (Å²) in [7, 11) is -2.02. The molecule has 0 saturated heterocycles. The van der Waals surface area contributed by atoms with Crippen molar-refractivity contribution < 1.29 is 12.8 Å². The van der Waals surface area contributed by atoms with Gasteiger partial charge in [-0.2, -0.15) is 0 Å². The minimum atomic E-state index is -3.77. The standard InChI is InChI=1S/C13H16BrN3O3S/c1-8-10(7-15-3)12(9(2)20-8)21(18,19)17-13-11(14)5-4-6-16-13/h4-6,15H,7H2,1-3H3,(H,16,17). The van der Waals surface area contributed by atoms with E-state index in [-0.39, 0.29) is 10.7 Å². The zero-order valence-electron chi connectivity index (χ0n) is 11.9. The number of aryl methyl sites for hydroxylation is 2. The van der Waals surface area contributed by atoms with Crippen molar-refractivity contribution in [2.24, 2.45) is 0 Å². The normalized spacial score (nSPS) is 11.6. The lowest BCUT2D eigenvalue weighted by Crippen LogP contribution is -2.18. The average molecular weight is 374 g/mol. The molecule has 0 aromatic carbocycles. The van der Waals surface area contributed by atoms with E-state index in [0.29, 0.717) is 28.1 Å². The van der Waals surface area contributed by atoms with Crippen LogP contribution >= 0.6 is 15.9 Å². The molecule has 0 aliphatic heterocycles. The molecule has 6 nitrogen and oxygen atoms in total. The second kappa shape index (κ2) is 6.17. The van der Waals surface area contributed by atoms with E-state index in [2.05, 4.69) is 31.0 Å². The summed E-state index contributed by atoms with van der Waals surface area (Å²) in [5.41, 5.74) is 0.620. The molecule has 0 fully saturated rings. The molecule has 0 spiro atoms. The second-order valence-electron chi connectivity index (χ2n) is 4.49. The Kier molecular flexibility index (Phi) is 4.70. The highest BCUT2D eigenvalue weighted by Gasteiger charge is 2.27. The molecule has 114 valence electrons. The minimum absolute atomic E-state index is 0.159. The molecule has 0 aliphatic carbocycles. The van der Waals surface area contributed by atoms with Crippen LogP contribution in [0.15, 0.2) is 32.1 Å². The number of pyridine rings is 1. The van der Waals surface area contributed by atoms with Crippen molar-refractivity contribution in [2.45, 2.75) is 25.3 Å². The highest BCUT2D eigenvalue weighted by Crippen LogP contribution is 2.29. The fourth-order valence-electron chi connectivity index (χ4n) is 2.08. The van der Waals surface area contributed by atoms with Gasteiger partial charge >= 0.3 is 0 Å². The van der Waals surface area contributed by atoms with Crippen LogP contribution < -0.4 is 10.0 Å². The molecule has 2 rings (SSSR count). The first kappa shape index (κ1) is 16.0. The lowest BCUT2D eigenvalue weighted by molar-refractivity contribution is 0.494. The number of hydrogen-bond acceptors (Lipinski definition) is 5. The third-order valence-corrected chi connectivity index (χ3v) is 5.11. The van der Waals surface area contributed by atoms with Gasteiger partial charge in [-0.25, -0.2) is 13.4 Å². The van der Waals surface area contributed by atoms with Gasteiger partial charge in [-0.15, -0.1) is 0 Å². The molecule has 21 heavy (non-hydrogen) atoms. The first-order chi connectivity index (χ1) is 9.86. The Hall–Kier alpha value is -1.38. The van der Waals surface area contributed by atoms with Crippen LogP contribution in [0.1, 0.15) is 17.1 Å². The van der Waals surface area contributed by atoms with Gasteiger partial charge in [-0.05, 0) is 49.0 Å². The van der Waals surface area contributed by atoms with Gasteiger partial charge in [0.2, 0.25) is 0 Å². The van der Waals surface area contributed by atoms with Crippen LogP contribution in [-0.4, -0.2) is 20.4 Å². The van der Waals surface area contributed by atoms with Crippen molar-refractivity contribution in [3.63, 3.8) is 0 Å². The van der Waals surface area contributed by atoms with Crippen LogP contribution in [0.2, 0.25) is 0 Å². The minimum Gasteiger partial charge on any atom is -0.465 e. The fraction of sp³-hybridized carbons (Fsp3) is 0.308. The number of sulfonamides is 1. The smallest absolute Gasteiger partial charge is 0.266 e. The number of aromatic nitrogens is 1. The van der Waals surface area contributed by atoms with Crippen LogP contribution in [0.4, 0.5) is 5.82 Å². The van der Waals surface area contributed by atoms with Crippen molar-refractivity contribution in [2.75, 3.05) is 11.8 Å². The van der Waals surface area contributed by atoms with Gasteiger partial charge in [0, 0.05) is 18.3 Å². The van der Waals surface area contributed by atoms with E-state index in [4.69, 9.17) is 4.42 Å². The first-order valence-corrected chi connectivity index (χ1v) is 8.51. The lowest BCUT2D eigenvalue weighted by atomic mass is 10.2. The second-order valence-corrected chi connectivity index (χ2v) is 6.97. The Morgan fingerprint density at radius 1 is 1.33 bits per heavy atom. The lowest BCUT2D eigenvalue weighted by Gasteiger charge is -2.10. The largest absolute Gasteiger partial charge is 0.465 e. The summed E-state index contributed by atoms with van der Waals surface area (Å²) in [6.45, 7) is 3.78. The number of anilines is 1. The van der Waals surface area contributed by atoms with E-state index < -0.39 is 10.0 Å². The topological polar surface area (TPSA) is 84.2 Å². The molecule has 2 N–H and O–H groups in total. The van der Waals surface area contributed by atoms with Crippen molar-refractivity contribution in [3.8, 4) is 0 Å². The van der Waals surface area contributed by atoms with Gasteiger partial charge in [0.25, 0.3) is 10.0 Å². The van der Waals surface area contributed by atoms with Gasteiger partial charge in [0.1, 0.15) is 16.4 Å². The van der Waals surface area contributed by atoms with Crippen molar-refractivity contribution in [3.05, 3.63) is 39.9 Å². The Labute approximate surface area is 132 Å². The Balaban J connectivity index is 2.48. The van der Waals surface area contributed by atoms with E-state index in [0.717, 1.165) is 0 Å². The van der Waals surface area contributed by atoms with Crippen LogP contribution in [0, 0.1) is 13.8 Å². The van der Waals surface area contributed by atoms with Crippen LogP contribution in [0.3, 0.4) is 0 Å². The molecule has 0 unspecified atom stereocenters. The average Bonchev–Trinajstić information content (AvgIpc) is 2.68. The van der Waals surface area contributed by atoms with Gasteiger partial charge < -0.3 is 9.73 Å². The maximum atomic E-state index is 12.6. The van der Waals surface area contributed by atoms with E-state index in [1.54, 1.807) is 33.0 Å². The molecule has 2 aromatic heterocycles. The van der Waals surface area contributed by atoms with E-state index in [9.17, 15) is 8.42 Å². The molecule has 0 atom stereocenters. The van der Waals surface area contributed by atoms with Crippen LogP contribution in [0.5, 0.6) is 0 Å². The highest BCUT2D eigenvalue weighted by molar-refractivity contribution is 9.10. The third kappa shape index (κ3) is 3.28. The number of nitrogens with zero attached hydrogens (tertiary/aromatic N) is 1. The number of furan rings is 1. The van der Waals surface area contributed by atoms with Gasteiger partial charge in [0.15, 0.2) is 5.82 Å². The van der Waals surface area contributed by atoms with Crippen molar-refractivity contribution >= 4 is 31.8 Å². The third-order valence-electron chi connectivity index (χ3n) is 2.94. The van der Waals surface area contributed by atoms with E-state index in [1.807, 2.05) is 0 Å². The van der Waals surface area contributed by atoms with E-state index >= 15 is 0 Å². The Morgan fingerprint density at radius 3 is 2.67 bits per heavy atom. The molecule has 0 radical (unpaired) electrons. The van der Waals surface area contributed by atoms with E-state index in [1.165, 1.54) is 6.20 Å². The number of hydrogen-bond donors (Lipinski definition) is 2. The fourth-order valence-corrected chi connectivity index (χ4v) is 4.05. The quantitative estimate of drug-likeness (QED) is 0.841. The first-order valence-electron chi connectivity index (χ1n) is 6.23. The van der Waals surface area contributed by atoms with Crippen molar-refractivity contribution in [1.29, 1.82) is 0 Å². The summed E-state index contributed by atoms with van der Waals surface area (Å²) >= 11 is 3.27. The SMILES string of the molecule is CNCc1c(C)oc(C)c1S(=O)(=O)Nc1ncccc1Br. The molecular weight excluding hydrogens is 358 g/mol. The number of halogens is 1. The van der Waals surface area contributed by atoms with Gasteiger partial charge in [-0.3, -0.25) is 4.72 Å². The summed E-state index contributed by atoms with van der Waals surface area (Å²) in [6.07, 6.45) is 1.52. The number of rotatable bonds is 5. The maximum absolute atomic E-state index is 12.6. The molecule has 8 heteroatoms. The molecule has 0 aliphatic rings. The summed E-state index contributed by atoms with van der Waals surface area (Å²) in [4.78, 5) is 4.18. The monoisotopic (exact) mass is 373 g/mol. The zero-order chi connectivity index (χ0) is 15.6. The maximum Gasteiger partial charge on any atom is 0.266 e. The Bertz CT molecular complexity index is 756. The summed E-state index contributed by atoms with van der Waals surface area (Å²) in [5, 5.41) is 2.95. The molecule has 0 bridgehead atoms. The molecule has 0 amide bonds. The predicted octanol–water partition coefficient (Wildman–Crippen LogP) is 2.57. The summed E-state index contributed by atoms with van der Waals surface area (Å²) in [6, 6.07) is 3.43.